The van der Waals surface area contributed by atoms with Gasteiger partial charge in [0, 0.05) is 30.8 Å². The summed E-state index contributed by atoms with van der Waals surface area (Å²) in [5.41, 5.74) is 2.00. The molecule has 9 heteroatoms. The lowest BCUT2D eigenvalue weighted by atomic mass is 10.1. The van der Waals surface area contributed by atoms with E-state index >= 15 is 0 Å². The fourth-order valence-corrected chi connectivity index (χ4v) is 3.35. The van der Waals surface area contributed by atoms with Gasteiger partial charge in [0.15, 0.2) is 11.5 Å². The predicted octanol–water partition coefficient (Wildman–Crippen LogP) is 5.20. The van der Waals surface area contributed by atoms with E-state index < -0.39 is 0 Å². The van der Waals surface area contributed by atoms with Gasteiger partial charge in [0.2, 0.25) is 0 Å². The Labute approximate surface area is 184 Å². The van der Waals surface area contributed by atoms with Gasteiger partial charge in [-0.05, 0) is 12.1 Å². The molecule has 156 valence electrons. The molecule has 1 N–H and O–H groups in total. The molecule has 0 aliphatic heterocycles. The van der Waals surface area contributed by atoms with E-state index in [1.54, 1.807) is 38.5 Å². The Bertz CT molecular complexity index is 1120. The molecule has 7 nitrogen and oxygen atoms in total. The molecule has 3 rings (SSSR count). The van der Waals surface area contributed by atoms with Crippen LogP contribution in [-0.4, -0.2) is 39.5 Å². The van der Waals surface area contributed by atoms with Crippen LogP contribution in [0.25, 0.3) is 10.9 Å². The van der Waals surface area contributed by atoms with Gasteiger partial charge in [-0.3, -0.25) is 4.98 Å². The fourth-order valence-electron chi connectivity index (χ4n) is 2.84. The van der Waals surface area contributed by atoms with E-state index in [1.807, 2.05) is 0 Å². The number of nitriles is 1. The minimum Gasteiger partial charge on any atom is -0.495 e. The number of hydrogen-bond acceptors (Lipinski definition) is 7. The SMILES string of the molecule is COCCOc1cc2ncc(C#N)c(Nc3cc(OC)c(Cl)cc3Cl)c2cc1OC. The van der Waals surface area contributed by atoms with Crippen molar-refractivity contribution >= 4 is 45.5 Å². The summed E-state index contributed by atoms with van der Waals surface area (Å²) in [6.45, 7) is 0.797. The van der Waals surface area contributed by atoms with E-state index in [-0.39, 0.29) is 0 Å². The molecule has 2 aromatic carbocycles. The van der Waals surface area contributed by atoms with Crippen LogP contribution in [0.2, 0.25) is 10.0 Å². The van der Waals surface area contributed by atoms with Gasteiger partial charge in [-0.1, -0.05) is 23.2 Å². The van der Waals surface area contributed by atoms with E-state index in [0.717, 1.165) is 0 Å². The minimum atomic E-state index is 0.336. The maximum Gasteiger partial charge on any atom is 0.163 e. The second-order valence-corrected chi connectivity index (χ2v) is 6.93. The molecule has 30 heavy (non-hydrogen) atoms. The molecular formula is C21H19Cl2N3O4. The standard InChI is InChI=1S/C21H19Cl2N3O4/c1-27-4-5-30-20-8-16-13(6-19(20)29-3)21(12(10-24)11-25-16)26-17-9-18(28-2)15(23)7-14(17)22/h6-9,11H,4-5H2,1-3H3,(H,25,26). The van der Waals surface area contributed by atoms with Gasteiger partial charge in [0.05, 0.1) is 53.3 Å². The second kappa shape index (κ2) is 9.72. The number of nitrogens with zero attached hydrogens (tertiary/aromatic N) is 2. The Morgan fingerprint density at radius 1 is 0.967 bits per heavy atom. The van der Waals surface area contributed by atoms with Crippen molar-refractivity contribution in [3.8, 4) is 23.3 Å². The van der Waals surface area contributed by atoms with Crippen LogP contribution in [0.4, 0.5) is 11.4 Å². The highest BCUT2D eigenvalue weighted by molar-refractivity contribution is 6.37. The van der Waals surface area contributed by atoms with Crippen molar-refractivity contribution in [2.75, 3.05) is 39.9 Å². The van der Waals surface area contributed by atoms with Crippen LogP contribution in [0.1, 0.15) is 5.56 Å². The molecule has 0 unspecified atom stereocenters. The number of hydrogen-bond donors (Lipinski definition) is 1. The van der Waals surface area contributed by atoms with Crippen molar-refractivity contribution in [1.82, 2.24) is 4.98 Å². The molecule has 0 saturated carbocycles. The lowest BCUT2D eigenvalue weighted by molar-refractivity contribution is 0.144. The van der Waals surface area contributed by atoms with E-state index in [2.05, 4.69) is 16.4 Å². The molecule has 0 fully saturated rings. The first-order valence-electron chi connectivity index (χ1n) is 8.85. The first kappa shape index (κ1) is 21.8. The molecule has 0 saturated heterocycles. The van der Waals surface area contributed by atoms with E-state index in [1.165, 1.54) is 13.3 Å². The zero-order valence-electron chi connectivity index (χ0n) is 16.6. The number of nitrogens with one attached hydrogen (secondary N) is 1. The van der Waals surface area contributed by atoms with Crippen LogP contribution in [0.5, 0.6) is 17.2 Å². The number of benzene rings is 2. The molecule has 3 aromatic rings. The topological polar surface area (TPSA) is 85.6 Å². The molecule has 0 aliphatic rings. The molecule has 0 radical (unpaired) electrons. The lowest BCUT2D eigenvalue weighted by Crippen LogP contribution is -2.06. The van der Waals surface area contributed by atoms with Gasteiger partial charge in [-0.2, -0.15) is 5.26 Å². The lowest BCUT2D eigenvalue weighted by Gasteiger charge is -2.16. The number of anilines is 2. The Morgan fingerprint density at radius 2 is 1.73 bits per heavy atom. The van der Waals surface area contributed by atoms with Crippen molar-refractivity contribution in [3.63, 3.8) is 0 Å². The summed E-state index contributed by atoms with van der Waals surface area (Å²) in [5, 5.41) is 14.2. The van der Waals surface area contributed by atoms with Gasteiger partial charge in [-0.25, -0.2) is 0 Å². The molecule has 0 aliphatic carbocycles. The van der Waals surface area contributed by atoms with Crippen LogP contribution in [0, 0.1) is 11.3 Å². The molecule has 0 spiro atoms. The molecule has 1 aromatic heterocycles. The summed E-state index contributed by atoms with van der Waals surface area (Å²) < 4.78 is 21.5. The largest absolute Gasteiger partial charge is 0.495 e. The Morgan fingerprint density at radius 3 is 2.40 bits per heavy atom. The number of fused-ring (bicyclic) bond motifs is 1. The third kappa shape index (κ3) is 4.46. The maximum absolute atomic E-state index is 9.62. The quantitative estimate of drug-likeness (QED) is 0.474. The van der Waals surface area contributed by atoms with E-state index in [9.17, 15) is 5.26 Å². The smallest absolute Gasteiger partial charge is 0.163 e. The number of rotatable bonds is 8. The molecule has 0 atom stereocenters. The first-order chi connectivity index (χ1) is 14.5. The highest BCUT2D eigenvalue weighted by Gasteiger charge is 2.16. The molecule has 0 bridgehead atoms. The van der Waals surface area contributed by atoms with Crippen molar-refractivity contribution in [2.24, 2.45) is 0 Å². The zero-order valence-corrected chi connectivity index (χ0v) is 18.1. The van der Waals surface area contributed by atoms with Gasteiger partial charge < -0.3 is 24.3 Å². The third-order valence-electron chi connectivity index (χ3n) is 4.32. The van der Waals surface area contributed by atoms with Crippen molar-refractivity contribution in [2.45, 2.75) is 0 Å². The zero-order chi connectivity index (χ0) is 21.7. The fraction of sp³-hybridized carbons (Fsp3) is 0.238. The van der Waals surface area contributed by atoms with Gasteiger partial charge in [-0.15, -0.1) is 0 Å². The number of ether oxygens (including phenoxy) is 4. The van der Waals surface area contributed by atoms with Gasteiger partial charge >= 0.3 is 0 Å². The summed E-state index contributed by atoms with van der Waals surface area (Å²) in [6.07, 6.45) is 1.48. The third-order valence-corrected chi connectivity index (χ3v) is 4.93. The van der Waals surface area contributed by atoms with E-state index in [0.29, 0.717) is 68.3 Å². The van der Waals surface area contributed by atoms with Crippen molar-refractivity contribution < 1.29 is 18.9 Å². The molecule has 1 heterocycles. The highest BCUT2D eigenvalue weighted by atomic mass is 35.5. The summed E-state index contributed by atoms with van der Waals surface area (Å²) in [6, 6.07) is 8.89. The van der Waals surface area contributed by atoms with Crippen molar-refractivity contribution in [1.29, 1.82) is 5.26 Å². The summed E-state index contributed by atoms with van der Waals surface area (Å²) in [5.74, 6) is 1.47. The van der Waals surface area contributed by atoms with Gasteiger partial charge in [0.1, 0.15) is 18.4 Å². The Kier molecular flexibility index (Phi) is 7.06. The van der Waals surface area contributed by atoms with Crippen LogP contribution >= 0.6 is 23.2 Å². The van der Waals surface area contributed by atoms with Gasteiger partial charge in [0.25, 0.3) is 0 Å². The minimum absolute atomic E-state index is 0.336. The number of pyridine rings is 1. The Balaban J connectivity index is 2.12. The van der Waals surface area contributed by atoms with Crippen LogP contribution < -0.4 is 19.5 Å². The number of aromatic nitrogens is 1. The summed E-state index contributed by atoms with van der Waals surface area (Å²) in [7, 11) is 4.65. The molecule has 0 amide bonds. The van der Waals surface area contributed by atoms with Crippen LogP contribution in [-0.2, 0) is 4.74 Å². The first-order valence-corrected chi connectivity index (χ1v) is 9.60. The van der Waals surface area contributed by atoms with E-state index in [4.69, 9.17) is 42.1 Å². The van der Waals surface area contributed by atoms with Crippen LogP contribution in [0.3, 0.4) is 0 Å². The highest BCUT2D eigenvalue weighted by Crippen LogP contribution is 2.40. The van der Waals surface area contributed by atoms with Crippen LogP contribution in [0.15, 0.2) is 30.5 Å². The average molecular weight is 448 g/mol. The second-order valence-electron chi connectivity index (χ2n) is 6.11. The summed E-state index contributed by atoms with van der Waals surface area (Å²) >= 11 is 12.5. The normalized spacial score (nSPS) is 10.5. The Hall–Kier alpha value is -2.92. The number of halogens is 2. The molecular weight excluding hydrogens is 429 g/mol. The predicted molar refractivity (Wildman–Crippen MR) is 117 cm³/mol. The monoisotopic (exact) mass is 447 g/mol. The summed E-state index contributed by atoms with van der Waals surface area (Å²) in [4.78, 5) is 4.38. The van der Waals surface area contributed by atoms with Crippen molar-refractivity contribution in [3.05, 3.63) is 46.1 Å². The average Bonchev–Trinajstić information content (AvgIpc) is 2.75. The number of methoxy groups -OCH3 is 3. The maximum atomic E-state index is 9.62.